The first kappa shape index (κ1) is 16.1. The van der Waals surface area contributed by atoms with Gasteiger partial charge in [-0.15, -0.1) is 5.10 Å². The molecule has 0 bridgehead atoms. The standard InChI is InChI=1S/C19H16N6OS/c26-19(14-6-7-16-17(10-14)22-27-21-16)24-9-8-15(11-24)25-12-18(20-23-25)13-4-2-1-3-5-13/h1-7,10,12,15H,8-9,11H2/t15-/m1/s1. The van der Waals surface area contributed by atoms with Crippen LogP contribution < -0.4 is 0 Å². The molecule has 3 heterocycles. The smallest absolute Gasteiger partial charge is 0.254 e. The van der Waals surface area contributed by atoms with Gasteiger partial charge in [0.2, 0.25) is 0 Å². The van der Waals surface area contributed by atoms with Gasteiger partial charge in [0, 0.05) is 24.2 Å². The second kappa shape index (κ2) is 6.55. The molecule has 2 aromatic carbocycles. The van der Waals surface area contributed by atoms with Crippen LogP contribution in [-0.4, -0.2) is 47.6 Å². The molecule has 2 aromatic heterocycles. The number of benzene rings is 2. The van der Waals surface area contributed by atoms with Crippen molar-refractivity contribution in [3.63, 3.8) is 0 Å². The van der Waals surface area contributed by atoms with E-state index in [0.717, 1.165) is 40.4 Å². The van der Waals surface area contributed by atoms with Gasteiger partial charge in [-0.1, -0.05) is 35.5 Å². The summed E-state index contributed by atoms with van der Waals surface area (Å²) in [6.07, 6.45) is 2.82. The summed E-state index contributed by atoms with van der Waals surface area (Å²) in [6.45, 7) is 1.33. The Morgan fingerprint density at radius 2 is 1.93 bits per heavy atom. The van der Waals surface area contributed by atoms with Crippen LogP contribution in [0.2, 0.25) is 0 Å². The summed E-state index contributed by atoms with van der Waals surface area (Å²) in [7, 11) is 0. The van der Waals surface area contributed by atoms with Crippen LogP contribution in [0, 0.1) is 0 Å². The highest BCUT2D eigenvalue weighted by Gasteiger charge is 2.29. The van der Waals surface area contributed by atoms with Crippen molar-refractivity contribution >= 4 is 28.7 Å². The molecule has 8 heteroatoms. The number of hydrogen-bond acceptors (Lipinski definition) is 6. The molecule has 0 aliphatic carbocycles. The number of carbonyl (C=O) groups excluding carboxylic acids is 1. The number of likely N-dealkylation sites (tertiary alicyclic amines) is 1. The molecule has 5 rings (SSSR count). The van der Waals surface area contributed by atoms with Crippen LogP contribution in [0.5, 0.6) is 0 Å². The summed E-state index contributed by atoms with van der Waals surface area (Å²) in [6, 6.07) is 15.6. The van der Waals surface area contributed by atoms with E-state index in [1.807, 2.05) is 64.3 Å². The fourth-order valence-corrected chi connectivity index (χ4v) is 3.95. The van der Waals surface area contributed by atoms with Gasteiger partial charge in [-0.3, -0.25) is 4.79 Å². The first-order valence-corrected chi connectivity index (χ1v) is 9.50. The van der Waals surface area contributed by atoms with Crippen LogP contribution in [0.4, 0.5) is 0 Å². The Kier molecular flexibility index (Phi) is 3.90. The Hall–Kier alpha value is -3.13. The number of nitrogens with zero attached hydrogens (tertiary/aromatic N) is 6. The zero-order valence-electron chi connectivity index (χ0n) is 14.4. The Morgan fingerprint density at radius 3 is 2.81 bits per heavy atom. The fourth-order valence-electron chi connectivity index (χ4n) is 3.44. The number of hydrogen-bond donors (Lipinski definition) is 0. The normalized spacial score (nSPS) is 16.9. The largest absolute Gasteiger partial charge is 0.336 e. The van der Waals surface area contributed by atoms with Crippen LogP contribution in [-0.2, 0) is 0 Å². The van der Waals surface area contributed by atoms with E-state index in [9.17, 15) is 4.79 Å². The third-order valence-electron chi connectivity index (χ3n) is 4.91. The molecular weight excluding hydrogens is 360 g/mol. The van der Waals surface area contributed by atoms with Gasteiger partial charge in [-0.25, -0.2) is 4.68 Å². The van der Waals surface area contributed by atoms with Crippen molar-refractivity contribution in [2.45, 2.75) is 12.5 Å². The number of rotatable bonds is 3. The average molecular weight is 376 g/mol. The zero-order valence-corrected chi connectivity index (χ0v) is 15.2. The monoisotopic (exact) mass is 376 g/mol. The number of aromatic nitrogens is 5. The minimum atomic E-state index is 0.0239. The van der Waals surface area contributed by atoms with Gasteiger partial charge in [0.05, 0.1) is 24.0 Å². The molecule has 0 unspecified atom stereocenters. The third kappa shape index (κ3) is 2.97. The van der Waals surface area contributed by atoms with Gasteiger partial charge < -0.3 is 4.90 Å². The lowest BCUT2D eigenvalue weighted by atomic mass is 10.2. The second-order valence-corrected chi connectivity index (χ2v) is 7.14. The van der Waals surface area contributed by atoms with Crippen molar-refractivity contribution in [1.82, 2.24) is 28.6 Å². The van der Waals surface area contributed by atoms with Crippen LogP contribution >= 0.6 is 11.7 Å². The van der Waals surface area contributed by atoms with E-state index < -0.39 is 0 Å². The molecule has 1 aliphatic heterocycles. The molecule has 0 saturated carbocycles. The quantitative estimate of drug-likeness (QED) is 0.549. The predicted molar refractivity (Wildman–Crippen MR) is 102 cm³/mol. The topological polar surface area (TPSA) is 76.8 Å². The van der Waals surface area contributed by atoms with Gasteiger partial charge in [-0.2, -0.15) is 8.75 Å². The molecule has 0 spiro atoms. The molecule has 1 amide bonds. The Balaban J connectivity index is 1.32. The lowest BCUT2D eigenvalue weighted by molar-refractivity contribution is 0.0787. The van der Waals surface area contributed by atoms with Gasteiger partial charge in [0.15, 0.2) is 0 Å². The molecule has 0 radical (unpaired) electrons. The highest BCUT2D eigenvalue weighted by Crippen LogP contribution is 2.25. The Labute approximate surface area is 159 Å². The van der Waals surface area contributed by atoms with Gasteiger partial charge in [-0.05, 0) is 24.6 Å². The highest BCUT2D eigenvalue weighted by molar-refractivity contribution is 7.00. The Bertz CT molecular complexity index is 1110. The maximum atomic E-state index is 12.9. The average Bonchev–Trinajstić information content (AvgIpc) is 3.47. The summed E-state index contributed by atoms with van der Waals surface area (Å²) >= 11 is 1.16. The first-order valence-electron chi connectivity index (χ1n) is 8.77. The zero-order chi connectivity index (χ0) is 18.2. The van der Waals surface area contributed by atoms with Crippen molar-refractivity contribution in [2.75, 3.05) is 13.1 Å². The van der Waals surface area contributed by atoms with Crippen molar-refractivity contribution in [2.24, 2.45) is 0 Å². The van der Waals surface area contributed by atoms with E-state index in [1.165, 1.54) is 0 Å². The van der Waals surface area contributed by atoms with E-state index in [-0.39, 0.29) is 11.9 Å². The van der Waals surface area contributed by atoms with Crippen LogP contribution in [0.1, 0.15) is 22.8 Å². The van der Waals surface area contributed by atoms with Crippen molar-refractivity contribution in [1.29, 1.82) is 0 Å². The highest BCUT2D eigenvalue weighted by atomic mass is 32.1. The number of fused-ring (bicyclic) bond motifs is 1. The van der Waals surface area contributed by atoms with E-state index in [4.69, 9.17) is 0 Å². The Morgan fingerprint density at radius 1 is 1.07 bits per heavy atom. The van der Waals surface area contributed by atoms with Crippen molar-refractivity contribution in [3.05, 3.63) is 60.3 Å². The van der Waals surface area contributed by atoms with Crippen LogP contribution in [0.15, 0.2) is 54.7 Å². The number of carbonyl (C=O) groups is 1. The molecular formula is C19H16N6OS. The van der Waals surface area contributed by atoms with Crippen LogP contribution in [0.3, 0.4) is 0 Å². The molecule has 27 heavy (non-hydrogen) atoms. The van der Waals surface area contributed by atoms with E-state index in [1.54, 1.807) is 0 Å². The van der Waals surface area contributed by atoms with Gasteiger partial charge in [0.25, 0.3) is 5.91 Å². The molecule has 1 fully saturated rings. The summed E-state index contributed by atoms with van der Waals surface area (Å²) in [5.74, 6) is 0.0239. The summed E-state index contributed by atoms with van der Waals surface area (Å²) < 4.78 is 10.3. The molecule has 1 aliphatic rings. The first-order chi connectivity index (χ1) is 13.3. The van der Waals surface area contributed by atoms with Crippen molar-refractivity contribution < 1.29 is 4.79 Å². The minimum Gasteiger partial charge on any atom is -0.336 e. The van der Waals surface area contributed by atoms with E-state index in [2.05, 4.69) is 19.1 Å². The molecule has 0 N–H and O–H groups in total. The van der Waals surface area contributed by atoms with E-state index in [0.29, 0.717) is 18.7 Å². The summed E-state index contributed by atoms with van der Waals surface area (Å²) in [5.41, 5.74) is 4.14. The molecule has 1 saturated heterocycles. The molecule has 134 valence electrons. The molecule has 4 aromatic rings. The molecule has 1 atom stereocenters. The lowest BCUT2D eigenvalue weighted by Gasteiger charge is -2.16. The van der Waals surface area contributed by atoms with Gasteiger partial charge in [0.1, 0.15) is 16.7 Å². The SMILES string of the molecule is O=C(c1ccc2nsnc2c1)N1CC[C@@H](n2cc(-c3ccccc3)nn2)C1. The minimum absolute atomic E-state index is 0.0239. The maximum absolute atomic E-state index is 12.9. The van der Waals surface area contributed by atoms with E-state index >= 15 is 0 Å². The lowest BCUT2D eigenvalue weighted by Crippen LogP contribution is -2.29. The maximum Gasteiger partial charge on any atom is 0.254 e. The van der Waals surface area contributed by atoms with Gasteiger partial charge >= 0.3 is 0 Å². The van der Waals surface area contributed by atoms with Crippen LogP contribution in [0.25, 0.3) is 22.3 Å². The number of amides is 1. The predicted octanol–water partition coefficient (Wildman–Crippen LogP) is 3.04. The fraction of sp³-hybridized carbons (Fsp3) is 0.211. The summed E-state index contributed by atoms with van der Waals surface area (Å²) in [4.78, 5) is 14.7. The summed E-state index contributed by atoms with van der Waals surface area (Å²) in [5, 5.41) is 8.57. The van der Waals surface area contributed by atoms with Crippen molar-refractivity contribution in [3.8, 4) is 11.3 Å². The second-order valence-electron chi connectivity index (χ2n) is 6.61. The third-order valence-corrected chi connectivity index (χ3v) is 5.46. The molecule has 7 nitrogen and oxygen atoms in total.